The summed E-state index contributed by atoms with van der Waals surface area (Å²) < 4.78 is 0. The number of hydrogen-bond acceptors (Lipinski definition) is 1. The van der Waals surface area contributed by atoms with Gasteiger partial charge in [-0.15, -0.1) is 11.6 Å². The van der Waals surface area contributed by atoms with E-state index in [2.05, 4.69) is 51.2 Å². The van der Waals surface area contributed by atoms with E-state index in [1.165, 1.54) is 16.7 Å². The molecule has 1 aromatic rings. The third kappa shape index (κ3) is 4.99. The van der Waals surface area contributed by atoms with Crippen LogP contribution in [0.5, 0.6) is 0 Å². The lowest BCUT2D eigenvalue weighted by Crippen LogP contribution is -2.28. The Morgan fingerprint density at radius 1 is 1.06 bits per heavy atom. The third-order valence-corrected chi connectivity index (χ3v) is 4.02. The second kappa shape index (κ2) is 7.81. The van der Waals surface area contributed by atoms with Crippen LogP contribution >= 0.6 is 11.6 Å². The van der Waals surface area contributed by atoms with Gasteiger partial charge >= 0.3 is 0 Å². The average Bonchev–Trinajstić information content (AvgIpc) is 2.29. The van der Waals surface area contributed by atoms with Crippen LogP contribution in [0.1, 0.15) is 43.4 Å². The van der Waals surface area contributed by atoms with E-state index in [9.17, 15) is 0 Å². The first-order valence-electron chi connectivity index (χ1n) is 6.98. The highest BCUT2D eigenvalue weighted by molar-refractivity contribution is 6.21. The predicted octanol–water partition coefficient (Wildman–Crippen LogP) is 4.44. The molecule has 102 valence electrons. The summed E-state index contributed by atoms with van der Waals surface area (Å²) in [6.07, 6.45) is 2.33. The summed E-state index contributed by atoms with van der Waals surface area (Å²) in [7, 11) is 0. The summed E-state index contributed by atoms with van der Waals surface area (Å²) in [6.45, 7) is 10.5. The fourth-order valence-corrected chi connectivity index (χ4v) is 2.96. The van der Waals surface area contributed by atoms with Crippen LogP contribution in [0.3, 0.4) is 0 Å². The molecule has 2 heteroatoms. The van der Waals surface area contributed by atoms with Gasteiger partial charge in [0.25, 0.3) is 0 Å². The molecule has 0 bridgehead atoms. The van der Waals surface area contributed by atoms with Crippen molar-refractivity contribution in [2.24, 2.45) is 5.92 Å². The van der Waals surface area contributed by atoms with Crippen molar-refractivity contribution in [1.29, 1.82) is 0 Å². The lowest BCUT2D eigenvalue weighted by Gasteiger charge is -2.19. The number of nitrogens with one attached hydrogen (secondary N) is 1. The second-order valence-electron chi connectivity index (χ2n) is 5.22. The van der Waals surface area contributed by atoms with E-state index in [1.807, 2.05) is 0 Å². The molecular formula is C16H26ClN. The zero-order valence-electron chi connectivity index (χ0n) is 12.1. The Hall–Kier alpha value is -0.530. The lowest BCUT2D eigenvalue weighted by molar-refractivity contribution is 0.446. The normalized spacial score (nSPS) is 13.0. The van der Waals surface area contributed by atoms with Gasteiger partial charge in [0, 0.05) is 18.5 Å². The maximum Gasteiger partial charge on any atom is 0.0488 e. The minimum atomic E-state index is 0.242. The SMILES string of the molecule is CCC(CC)C(Cl)CNCc1cc(C)cc(C)c1. The van der Waals surface area contributed by atoms with Crippen molar-refractivity contribution in [3.05, 3.63) is 34.9 Å². The Labute approximate surface area is 117 Å². The van der Waals surface area contributed by atoms with Crippen molar-refractivity contribution in [3.8, 4) is 0 Å². The summed E-state index contributed by atoms with van der Waals surface area (Å²) in [4.78, 5) is 0. The molecule has 0 spiro atoms. The van der Waals surface area contributed by atoms with Crippen LogP contribution in [0, 0.1) is 19.8 Å². The Balaban J connectivity index is 2.41. The van der Waals surface area contributed by atoms with Crippen LogP contribution in [0.2, 0.25) is 0 Å². The van der Waals surface area contributed by atoms with Gasteiger partial charge in [0.15, 0.2) is 0 Å². The summed E-state index contributed by atoms with van der Waals surface area (Å²) in [5.41, 5.74) is 4.00. The van der Waals surface area contributed by atoms with Gasteiger partial charge in [-0.1, -0.05) is 56.0 Å². The molecule has 1 unspecified atom stereocenters. The summed E-state index contributed by atoms with van der Waals surface area (Å²) >= 11 is 6.41. The molecular weight excluding hydrogens is 242 g/mol. The van der Waals surface area contributed by atoms with E-state index in [-0.39, 0.29) is 5.38 Å². The fraction of sp³-hybridized carbons (Fsp3) is 0.625. The molecule has 0 fully saturated rings. The number of hydrogen-bond donors (Lipinski definition) is 1. The lowest BCUT2D eigenvalue weighted by atomic mass is 9.99. The fourth-order valence-electron chi connectivity index (χ4n) is 2.49. The van der Waals surface area contributed by atoms with E-state index in [0.717, 1.165) is 25.9 Å². The molecule has 0 aliphatic heterocycles. The monoisotopic (exact) mass is 267 g/mol. The van der Waals surface area contributed by atoms with E-state index < -0.39 is 0 Å². The van der Waals surface area contributed by atoms with Crippen molar-refractivity contribution in [2.45, 2.75) is 52.5 Å². The maximum atomic E-state index is 6.41. The first kappa shape index (κ1) is 15.5. The van der Waals surface area contributed by atoms with Gasteiger partial charge in [0.2, 0.25) is 0 Å². The predicted molar refractivity (Wildman–Crippen MR) is 81.3 cm³/mol. The summed E-state index contributed by atoms with van der Waals surface area (Å²) in [6, 6.07) is 6.68. The summed E-state index contributed by atoms with van der Waals surface area (Å²) in [5, 5.41) is 3.71. The molecule has 0 amide bonds. The first-order chi connectivity index (χ1) is 8.56. The Morgan fingerprint density at radius 3 is 2.11 bits per heavy atom. The quantitative estimate of drug-likeness (QED) is 0.721. The molecule has 18 heavy (non-hydrogen) atoms. The van der Waals surface area contributed by atoms with E-state index in [4.69, 9.17) is 11.6 Å². The van der Waals surface area contributed by atoms with Crippen LogP contribution in [-0.4, -0.2) is 11.9 Å². The minimum absolute atomic E-state index is 0.242. The van der Waals surface area contributed by atoms with Crippen molar-refractivity contribution in [1.82, 2.24) is 5.32 Å². The van der Waals surface area contributed by atoms with Crippen molar-refractivity contribution in [2.75, 3.05) is 6.54 Å². The molecule has 1 aromatic carbocycles. The molecule has 0 radical (unpaired) electrons. The molecule has 0 heterocycles. The molecule has 1 atom stereocenters. The number of aryl methyl sites for hydroxylation is 2. The highest BCUT2D eigenvalue weighted by Gasteiger charge is 2.14. The van der Waals surface area contributed by atoms with Gasteiger partial charge in [0.05, 0.1) is 0 Å². The molecule has 1 N–H and O–H groups in total. The molecule has 0 aromatic heterocycles. The van der Waals surface area contributed by atoms with Crippen LogP contribution in [-0.2, 0) is 6.54 Å². The summed E-state index contributed by atoms with van der Waals surface area (Å²) in [5.74, 6) is 0.624. The van der Waals surface area contributed by atoms with E-state index in [0.29, 0.717) is 5.92 Å². The first-order valence-corrected chi connectivity index (χ1v) is 7.42. The molecule has 0 aliphatic carbocycles. The van der Waals surface area contributed by atoms with Crippen LogP contribution in [0.15, 0.2) is 18.2 Å². The number of halogens is 1. The van der Waals surface area contributed by atoms with Crippen LogP contribution in [0.4, 0.5) is 0 Å². The standard InChI is InChI=1S/C16H26ClN/c1-5-15(6-2)16(17)11-18-10-14-8-12(3)7-13(4)9-14/h7-9,15-16,18H,5-6,10-11H2,1-4H3. The van der Waals surface area contributed by atoms with Gasteiger partial charge in [-0.05, 0) is 25.3 Å². The van der Waals surface area contributed by atoms with Crippen molar-refractivity contribution in [3.63, 3.8) is 0 Å². The van der Waals surface area contributed by atoms with Gasteiger partial charge in [-0.25, -0.2) is 0 Å². The Morgan fingerprint density at radius 2 is 1.61 bits per heavy atom. The molecule has 0 saturated carbocycles. The Kier molecular flexibility index (Phi) is 6.73. The van der Waals surface area contributed by atoms with E-state index >= 15 is 0 Å². The zero-order valence-corrected chi connectivity index (χ0v) is 12.8. The maximum absolute atomic E-state index is 6.41. The van der Waals surface area contributed by atoms with Crippen LogP contribution in [0.25, 0.3) is 0 Å². The molecule has 1 nitrogen and oxygen atoms in total. The third-order valence-electron chi connectivity index (χ3n) is 3.51. The van der Waals surface area contributed by atoms with Gasteiger partial charge in [0.1, 0.15) is 0 Å². The number of alkyl halides is 1. The zero-order chi connectivity index (χ0) is 13.5. The Bertz CT molecular complexity index is 338. The minimum Gasteiger partial charge on any atom is -0.311 e. The van der Waals surface area contributed by atoms with E-state index in [1.54, 1.807) is 0 Å². The van der Waals surface area contributed by atoms with Crippen molar-refractivity contribution < 1.29 is 0 Å². The largest absolute Gasteiger partial charge is 0.311 e. The number of rotatable bonds is 7. The van der Waals surface area contributed by atoms with Gasteiger partial charge in [-0.3, -0.25) is 0 Å². The molecule has 1 rings (SSSR count). The molecule has 0 saturated heterocycles. The highest BCUT2D eigenvalue weighted by Crippen LogP contribution is 2.18. The topological polar surface area (TPSA) is 12.0 Å². The number of benzene rings is 1. The molecule has 0 aliphatic rings. The van der Waals surface area contributed by atoms with Gasteiger partial charge in [-0.2, -0.15) is 0 Å². The van der Waals surface area contributed by atoms with Crippen molar-refractivity contribution >= 4 is 11.6 Å². The average molecular weight is 268 g/mol. The second-order valence-corrected chi connectivity index (χ2v) is 5.78. The van der Waals surface area contributed by atoms with Crippen LogP contribution < -0.4 is 5.32 Å². The smallest absolute Gasteiger partial charge is 0.0488 e. The van der Waals surface area contributed by atoms with Gasteiger partial charge < -0.3 is 5.32 Å². The highest BCUT2D eigenvalue weighted by atomic mass is 35.5.